The summed E-state index contributed by atoms with van der Waals surface area (Å²) in [7, 11) is 0. The van der Waals surface area contributed by atoms with Crippen LogP contribution in [0, 0.1) is 6.92 Å². The van der Waals surface area contributed by atoms with E-state index in [0.29, 0.717) is 36.8 Å². The van der Waals surface area contributed by atoms with Crippen molar-refractivity contribution < 1.29 is 9.32 Å². The third-order valence-corrected chi connectivity index (χ3v) is 3.84. The first-order valence-corrected chi connectivity index (χ1v) is 7.21. The number of rotatable bonds is 3. The van der Waals surface area contributed by atoms with Gasteiger partial charge in [-0.2, -0.15) is 0 Å². The molecule has 0 N–H and O–H groups in total. The smallest absolute Gasteiger partial charge is 0.223 e. The van der Waals surface area contributed by atoms with Gasteiger partial charge < -0.3 is 14.0 Å². The number of aromatic nitrogens is 4. The molecule has 0 fully saturated rings. The van der Waals surface area contributed by atoms with Crippen LogP contribution in [0.4, 0.5) is 0 Å². The fourth-order valence-electron chi connectivity index (χ4n) is 2.71. The van der Waals surface area contributed by atoms with Crippen molar-refractivity contribution >= 4 is 17.5 Å². The summed E-state index contributed by atoms with van der Waals surface area (Å²) in [4.78, 5) is 14.1. The highest BCUT2D eigenvalue weighted by atomic mass is 35.5. The lowest BCUT2D eigenvalue weighted by atomic mass is 10.2. The predicted octanol–water partition coefficient (Wildman–Crippen LogP) is 1.76. The third kappa shape index (κ3) is 2.78. The Kier molecular flexibility index (Phi) is 3.67. The third-order valence-electron chi connectivity index (χ3n) is 3.66. The summed E-state index contributed by atoms with van der Waals surface area (Å²) in [6.07, 6.45) is 0.862. The van der Waals surface area contributed by atoms with Crippen molar-refractivity contribution in [1.29, 1.82) is 0 Å². The molecule has 0 spiro atoms. The van der Waals surface area contributed by atoms with Crippen LogP contribution >= 0.6 is 11.6 Å². The van der Waals surface area contributed by atoms with Gasteiger partial charge in [0.2, 0.25) is 5.91 Å². The second-order valence-electron chi connectivity index (χ2n) is 5.27. The topological polar surface area (TPSA) is 77.1 Å². The van der Waals surface area contributed by atoms with Gasteiger partial charge in [0.1, 0.15) is 11.6 Å². The molecule has 0 bridgehead atoms. The zero-order valence-electron chi connectivity index (χ0n) is 11.9. The number of aryl methyl sites for hydroxylation is 2. The van der Waals surface area contributed by atoms with Gasteiger partial charge in [0.25, 0.3) is 0 Å². The van der Waals surface area contributed by atoms with Crippen LogP contribution in [0.25, 0.3) is 0 Å². The Morgan fingerprint density at radius 2 is 2.33 bits per heavy atom. The van der Waals surface area contributed by atoms with Crippen LogP contribution in [0.1, 0.15) is 36.8 Å². The van der Waals surface area contributed by atoms with Crippen LogP contribution in [0.5, 0.6) is 0 Å². The van der Waals surface area contributed by atoms with E-state index in [1.54, 1.807) is 6.07 Å². The number of hydrogen-bond donors (Lipinski definition) is 0. The van der Waals surface area contributed by atoms with E-state index in [-0.39, 0.29) is 11.9 Å². The first kappa shape index (κ1) is 14.1. The van der Waals surface area contributed by atoms with Crippen LogP contribution in [0.2, 0.25) is 5.15 Å². The highest BCUT2D eigenvalue weighted by molar-refractivity contribution is 6.29. The average molecular weight is 310 g/mol. The SMILES string of the molecule is Cc1nnc2n1[C@H](C)CN(C(=O)CCc1cc(Cl)no1)C2. The molecule has 1 aliphatic rings. The molecule has 2 aromatic rings. The van der Waals surface area contributed by atoms with Crippen LogP contribution in [-0.2, 0) is 17.8 Å². The molecule has 0 radical (unpaired) electrons. The maximum absolute atomic E-state index is 12.3. The van der Waals surface area contributed by atoms with E-state index in [1.165, 1.54) is 0 Å². The van der Waals surface area contributed by atoms with E-state index in [4.69, 9.17) is 16.1 Å². The van der Waals surface area contributed by atoms with Gasteiger partial charge in [-0.3, -0.25) is 4.79 Å². The van der Waals surface area contributed by atoms with E-state index in [0.717, 1.165) is 11.6 Å². The molecule has 2 aromatic heterocycles. The number of hydrogen-bond acceptors (Lipinski definition) is 5. The second-order valence-corrected chi connectivity index (χ2v) is 5.66. The summed E-state index contributed by atoms with van der Waals surface area (Å²) >= 11 is 5.68. The van der Waals surface area contributed by atoms with Gasteiger partial charge in [-0.05, 0) is 13.8 Å². The maximum atomic E-state index is 12.3. The molecule has 0 saturated heterocycles. The van der Waals surface area contributed by atoms with Gasteiger partial charge in [-0.25, -0.2) is 0 Å². The minimum absolute atomic E-state index is 0.0706. The second kappa shape index (κ2) is 5.48. The highest BCUT2D eigenvalue weighted by Crippen LogP contribution is 2.22. The van der Waals surface area contributed by atoms with E-state index >= 15 is 0 Å². The molecular formula is C13H16ClN5O2. The van der Waals surface area contributed by atoms with Crippen molar-refractivity contribution in [3.63, 3.8) is 0 Å². The van der Waals surface area contributed by atoms with Crippen molar-refractivity contribution in [2.75, 3.05) is 6.54 Å². The van der Waals surface area contributed by atoms with Crippen LogP contribution in [-0.4, -0.2) is 37.3 Å². The van der Waals surface area contributed by atoms with Gasteiger partial charge in [0.15, 0.2) is 11.0 Å². The normalized spacial score (nSPS) is 17.9. The van der Waals surface area contributed by atoms with Gasteiger partial charge in [-0.1, -0.05) is 16.8 Å². The zero-order valence-corrected chi connectivity index (χ0v) is 12.7. The molecule has 0 aliphatic carbocycles. The van der Waals surface area contributed by atoms with E-state index in [1.807, 2.05) is 11.8 Å². The van der Waals surface area contributed by atoms with Crippen LogP contribution in [0.3, 0.4) is 0 Å². The van der Waals surface area contributed by atoms with Crippen molar-refractivity contribution in [2.45, 2.75) is 39.3 Å². The molecule has 112 valence electrons. The standard InChI is InChI=1S/C13H16ClN5O2/c1-8-6-18(7-12-16-15-9(2)19(8)12)13(20)4-3-10-5-11(14)17-21-10/h5,8H,3-4,6-7H2,1-2H3/t8-/m1/s1. The Morgan fingerprint density at radius 3 is 3.05 bits per heavy atom. The van der Waals surface area contributed by atoms with Crippen molar-refractivity contribution in [3.8, 4) is 0 Å². The Labute approximate surface area is 126 Å². The summed E-state index contributed by atoms with van der Waals surface area (Å²) in [5.74, 6) is 2.42. The molecule has 1 aliphatic heterocycles. The van der Waals surface area contributed by atoms with E-state index in [9.17, 15) is 4.79 Å². The van der Waals surface area contributed by atoms with Crippen molar-refractivity contribution in [2.24, 2.45) is 0 Å². The summed E-state index contributed by atoms with van der Waals surface area (Å²) in [5.41, 5.74) is 0. The van der Waals surface area contributed by atoms with Gasteiger partial charge in [0.05, 0.1) is 12.6 Å². The molecule has 1 atom stereocenters. The quantitative estimate of drug-likeness (QED) is 0.863. The Morgan fingerprint density at radius 1 is 1.52 bits per heavy atom. The number of amides is 1. The largest absolute Gasteiger partial charge is 0.360 e. The molecule has 1 amide bonds. The predicted molar refractivity (Wildman–Crippen MR) is 74.7 cm³/mol. The first-order chi connectivity index (χ1) is 10.0. The average Bonchev–Trinajstić information content (AvgIpc) is 3.03. The molecule has 3 rings (SSSR count). The summed E-state index contributed by atoms with van der Waals surface area (Å²) in [6.45, 7) is 5.16. The highest BCUT2D eigenvalue weighted by Gasteiger charge is 2.27. The zero-order chi connectivity index (χ0) is 15.0. The van der Waals surface area contributed by atoms with Gasteiger partial charge >= 0.3 is 0 Å². The first-order valence-electron chi connectivity index (χ1n) is 6.84. The summed E-state index contributed by atoms with van der Waals surface area (Å²) in [6, 6.07) is 1.82. The Balaban J connectivity index is 1.64. The molecule has 0 saturated carbocycles. The molecule has 21 heavy (non-hydrogen) atoms. The fourth-order valence-corrected chi connectivity index (χ4v) is 2.87. The van der Waals surface area contributed by atoms with Gasteiger partial charge in [0, 0.05) is 25.5 Å². The minimum atomic E-state index is 0.0706. The van der Waals surface area contributed by atoms with Gasteiger partial charge in [-0.15, -0.1) is 10.2 Å². The lowest BCUT2D eigenvalue weighted by Gasteiger charge is -2.32. The monoisotopic (exact) mass is 309 g/mol. The maximum Gasteiger partial charge on any atom is 0.223 e. The molecule has 7 nitrogen and oxygen atoms in total. The van der Waals surface area contributed by atoms with Crippen molar-refractivity contribution in [1.82, 2.24) is 24.8 Å². The summed E-state index contributed by atoms with van der Waals surface area (Å²) < 4.78 is 7.09. The number of carbonyl (C=O) groups excluding carboxylic acids is 1. The lowest BCUT2D eigenvalue weighted by molar-refractivity contribution is -0.133. The lowest BCUT2D eigenvalue weighted by Crippen LogP contribution is -2.40. The van der Waals surface area contributed by atoms with E-state index < -0.39 is 0 Å². The molecule has 0 unspecified atom stereocenters. The minimum Gasteiger partial charge on any atom is -0.360 e. The van der Waals surface area contributed by atoms with Crippen LogP contribution in [0.15, 0.2) is 10.6 Å². The Hall–Kier alpha value is -1.89. The molecule has 0 aromatic carbocycles. The number of nitrogens with zero attached hydrogens (tertiary/aromatic N) is 5. The molecular weight excluding hydrogens is 294 g/mol. The number of halogens is 1. The van der Waals surface area contributed by atoms with Crippen LogP contribution < -0.4 is 0 Å². The number of carbonyl (C=O) groups is 1. The number of fused-ring (bicyclic) bond motifs is 1. The van der Waals surface area contributed by atoms with Crippen molar-refractivity contribution in [3.05, 3.63) is 28.6 Å². The molecule has 3 heterocycles. The van der Waals surface area contributed by atoms with E-state index in [2.05, 4.69) is 26.8 Å². The Bertz CT molecular complexity index is 665. The fraction of sp³-hybridized carbons (Fsp3) is 0.538. The molecule has 8 heteroatoms. The summed E-state index contributed by atoms with van der Waals surface area (Å²) in [5, 5.41) is 12.1.